The predicted molar refractivity (Wildman–Crippen MR) is 112 cm³/mol. The number of carbonyl (C=O) groups excluding carboxylic acids is 1. The van der Waals surface area contributed by atoms with E-state index < -0.39 is 29.3 Å². The zero-order valence-electron chi connectivity index (χ0n) is 15.9. The summed E-state index contributed by atoms with van der Waals surface area (Å²) in [6.07, 6.45) is 0.726. The molecule has 0 saturated heterocycles. The summed E-state index contributed by atoms with van der Waals surface area (Å²) in [6.45, 7) is 0. The normalized spacial score (nSPS) is 15.4. The smallest absolute Gasteiger partial charge is 0.257 e. The highest BCUT2D eigenvalue weighted by molar-refractivity contribution is 6.34. The lowest BCUT2D eigenvalue weighted by Crippen LogP contribution is -2.44. The maximum absolute atomic E-state index is 15.2. The minimum Gasteiger partial charge on any atom is -0.330 e. The second-order valence-electron chi connectivity index (χ2n) is 6.65. The molecule has 1 aliphatic heterocycles. The molecule has 9 heteroatoms. The summed E-state index contributed by atoms with van der Waals surface area (Å²) in [5, 5.41) is 17.5. The first-order valence-corrected chi connectivity index (χ1v) is 9.59. The Labute approximate surface area is 181 Å². The van der Waals surface area contributed by atoms with Gasteiger partial charge < -0.3 is 5.32 Å². The number of halogens is 3. The van der Waals surface area contributed by atoms with Crippen LogP contribution in [0.5, 0.6) is 0 Å². The zero-order valence-corrected chi connectivity index (χ0v) is 16.6. The fourth-order valence-corrected chi connectivity index (χ4v) is 3.49. The van der Waals surface area contributed by atoms with Crippen LogP contribution >= 0.6 is 11.6 Å². The molecule has 0 aliphatic carbocycles. The Morgan fingerprint density at radius 1 is 1.16 bits per heavy atom. The van der Waals surface area contributed by atoms with Crippen LogP contribution in [0.3, 0.4) is 0 Å². The van der Waals surface area contributed by atoms with Gasteiger partial charge in [-0.3, -0.25) is 9.78 Å². The Morgan fingerprint density at radius 2 is 1.94 bits per heavy atom. The van der Waals surface area contributed by atoms with Gasteiger partial charge >= 0.3 is 0 Å². The standard InChI is InChI=1S/C22H14ClF2N5O/c23-16-9-8-15(21-17(24)7-4-10-27-21)20(25)19(16)22(31)28-18-11-13(12-26)29-30(18)14-5-2-1-3-6-14/h1-10,18H,11H2,(H,28,31). The number of nitriles is 1. The molecular weight excluding hydrogens is 424 g/mol. The molecule has 4 rings (SSSR count). The van der Waals surface area contributed by atoms with E-state index in [4.69, 9.17) is 11.6 Å². The molecule has 31 heavy (non-hydrogen) atoms. The molecule has 1 unspecified atom stereocenters. The van der Waals surface area contributed by atoms with Gasteiger partial charge in [-0.1, -0.05) is 29.8 Å². The van der Waals surface area contributed by atoms with Crippen LogP contribution in [0.4, 0.5) is 14.5 Å². The second-order valence-corrected chi connectivity index (χ2v) is 7.06. The van der Waals surface area contributed by atoms with Crippen molar-refractivity contribution >= 4 is 28.9 Å². The van der Waals surface area contributed by atoms with E-state index in [2.05, 4.69) is 15.4 Å². The highest BCUT2D eigenvalue weighted by atomic mass is 35.5. The van der Waals surface area contributed by atoms with E-state index in [0.29, 0.717) is 5.69 Å². The number of benzene rings is 2. The number of carbonyl (C=O) groups is 1. The van der Waals surface area contributed by atoms with Gasteiger partial charge in [-0.05, 0) is 36.4 Å². The predicted octanol–water partition coefficient (Wildman–Crippen LogP) is 4.53. The third-order valence-corrected chi connectivity index (χ3v) is 5.00. The third kappa shape index (κ3) is 3.96. The zero-order chi connectivity index (χ0) is 22.0. The van der Waals surface area contributed by atoms with Crippen LogP contribution < -0.4 is 10.3 Å². The van der Waals surface area contributed by atoms with Crippen molar-refractivity contribution in [3.05, 3.63) is 83.0 Å². The number of nitrogens with one attached hydrogen (secondary N) is 1. The lowest BCUT2D eigenvalue weighted by molar-refractivity contribution is 0.0934. The number of aromatic nitrogens is 1. The van der Waals surface area contributed by atoms with Gasteiger partial charge in [-0.25, -0.2) is 13.8 Å². The van der Waals surface area contributed by atoms with Crippen molar-refractivity contribution in [2.45, 2.75) is 12.6 Å². The van der Waals surface area contributed by atoms with Crippen LogP contribution in [-0.2, 0) is 0 Å². The third-order valence-electron chi connectivity index (χ3n) is 4.69. The molecule has 1 N–H and O–H groups in total. The van der Waals surface area contributed by atoms with E-state index in [1.807, 2.05) is 12.1 Å². The molecule has 1 aliphatic rings. The number of hydrogen-bond donors (Lipinski definition) is 1. The molecule has 2 aromatic carbocycles. The van der Waals surface area contributed by atoms with E-state index in [-0.39, 0.29) is 28.4 Å². The molecule has 154 valence electrons. The summed E-state index contributed by atoms with van der Waals surface area (Å²) in [7, 11) is 0. The topological polar surface area (TPSA) is 81.4 Å². The number of hydrogen-bond acceptors (Lipinski definition) is 5. The Balaban J connectivity index is 1.67. The van der Waals surface area contributed by atoms with Gasteiger partial charge in [-0.2, -0.15) is 10.4 Å². The van der Waals surface area contributed by atoms with Crippen LogP contribution in [-0.4, -0.2) is 22.8 Å². The van der Waals surface area contributed by atoms with Gasteiger partial charge in [0, 0.05) is 18.2 Å². The molecule has 1 aromatic heterocycles. The molecule has 0 radical (unpaired) electrons. The Kier molecular flexibility index (Phi) is 5.60. The summed E-state index contributed by atoms with van der Waals surface area (Å²) in [4.78, 5) is 16.8. The lowest BCUT2D eigenvalue weighted by Gasteiger charge is -2.24. The quantitative estimate of drug-likeness (QED) is 0.650. The molecule has 2 heterocycles. The molecule has 0 spiro atoms. The molecule has 1 amide bonds. The highest BCUT2D eigenvalue weighted by Gasteiger charge is 2.31. The SMILES string of the molecule is N#CC1=NN(c2ccccc2)C(NC(=O)c2c(Cl)ccc(-c3ncccc3F)c2F)C1. The second kappa shape index (κ2) is 8.50. The summed E-state index contributed by atoms with van der Waals surface area (Å²) in [5.74, 6) is -2.54. The minimum atomic E-state index is -0.992. The number of rotatable bonds is 4. The molecule has 0 fully saturated rings. The van der Waals surface area contributed by atoms with Gasteiger partial charge in [0.15, 0.2) is 0 Å². The van der Waals surface area contributed by atoms with E-state index in [9.17, 15) is 14.4 Å². The number of anilines is 1. The van der Waals surface area contributed by atoms with E-state index in [1.54, 1.807) is 24.3 Å². The van der Waals surface area contributed by atoms with E-state index >= 15 is 4.39 Å². The summed E-state index contributed by atoms with van der Waals surface area (Å²) in [5.41, 5.74) is 0.00198. The summed E-state index contributed by atoms with van der Waals surface area (Å²) >= 11 is 6.11. The molecule has 0 bridgehead atoms. The van der Waals surface area contributed by atoms with E-state index in [1.165, 1.54) is 29.4 Å². The van der Waals surface area contributed by atoms with Gasteiger partial charge in [0.1, 0.15) is 35.3 Å². The first-order valence-electron chi connectivity index (χ1n) is 9.21. The fraction of sp³-hybridized carbons (Fsp3) is 0.0909. The molecule has 0 saturated carbocycles. The maximum atomic E-state index is 15.2. The highest BCUT2D eigenvalue weighted by Crippen LogP contribution is 2.30. The average molecular weight is 438 g/mol. The van der Waals surface area contributed by atoms with Gasteiger partial charge in [0.25, 0.3) is 5.91 Å². The maximum Gasteiger partial charge on any atom is 0.257 e. The first kappa shape index (κ1) is 20.4. The van der Waals surface area contributed by atoms with Gasteiger partial charge in [-0.15, -0.1) is 0 Å². The van der Waals surface area contributed by atoms with Crippen molar-refractivity contribution in [1.82, 2.24) is 10.3 Å². The number of hydrazone groups is 1. The van der Waals surface area contributed by atoms with Crippen molar-refractivity contribution in [1.29, 1.82) is 5.26 Å². The van der Waals surface area contributed by atoms with E-state index in [0.717, 1.165) is 6.07 Å². The van der Waals surface area contributed by atoms with Crippen LogP contribution in [0.15, 0.2) is 65.9 Å². The Bertz CT molecular complexity index is 1230. The van der Waals surface area contributed by atoms with Crippen molar-refractivity contribution in [3.63, 3.8) is 0 Å². The van der Waals surface area contributed by atoms with Gasteiger partial charge in [0.05, 0.1) is 16.3 Å². The molecule has 1 atom stereocenters. The molecule has 3 aromatic rings. The van der Waals surface area contributed by atoms with Gasteiger partial charge in [0.2, 0.25) is 0 Å². The summed E-state index contributed by atoms with van der Waals surface area (Å²) in [6, 6.07) is 16.0. The number of para-hydroxylation sites is 1. The first-order chi connectivity index (χ1) is 15.0. The monoisotopic (exact) mass is 437 g/mol. The van der Waals surface area contributed by atoms with Crippen molar-refractivity contribution in [3.8, 4) is 17.3 Å². The Morgan fingerprint density at radius 3 is 2.65 bits per heavy atom. The van der Waals surface area contributed by atoms with Crippen LogP contribution in [0.2, 0.25) is 5.02 Å². The molecular formula is C22H14ClF2N5O. The number of amides is 1. The van der Waals surface area contributed by atoms with Crippen LogP contribution in [0.25, 0.3) is 11.3 Å². The fourth-order valence-electron chi connectivity index (χ4n) is 3.26. The largest absolute Gasteiger partial charge is 0.330 e. The lowest BCUT2D eigenvalue weighted by atomic mass is 10.0. The minimum absolute atomic E-state index is 0.130. The van der Waals surface area contributed by atoms with Crippen molar-refractivity contribution in [2.75, 3.05) is 5.01 Å². The van der Waals surface area contributed by atoms with Crippen molar-refractivity contribution in [2.24, 2.45) is 5.10 Å². The average Bonchev–Trinajstić information content (AvgIpc) is 3.18. The van der Waals surface area contributed by atoms with Crippen LogP contribution in [0.1, 0.15) is 16.8 Å². The molecule has 6 nitrogen and oxygen atoms in total. The number of pyridine rings is 1. The summed E-state index contributed by atoms with van der Waals surface area (Å²) < 4.78 is 29.4. The van der Waals surface area contributed by atoms with Crippen molar-refractivity contribution < 1.29 is 13.6 Å². The Hall–Kier alpha value is -3.83. The number of nitrogens with zero attached hydrogens (tertiary/aromatic N) is 4. The van der Waals surface area contributed by atoms with Crippen LogP contribution in [0, 0.1) is 23.0 Å².